The Kier molecular flexibility index (Phi) is 17.4. The maximum absolute atomic E-state index is 10.4. The van der Waals surface area contributed by atoms with Crippen molar-refractivity contribution in [2.45, 2.75) is 46.2 Å². The van der Waals surface area contributed by atoms with Gasteiger partial charge in [-0.25, -0.2) is 0 Å². The summed E-state index contributed by atoms with van der Waals surface area (Å²) in [7, 11) is 0. The maximum atomic E-state index is 10.4. The molecule has 6 aromatic carbocycles. The zero-order valence-corrected chi connectivity index (χ0v) is 33.9. The van der Waals surface area contributed by atoms with Crippen LogP contribution in [0.25, 0.3) is 55.0 Å². The van der Waals surface area contributed by atoms with Crippen molar-refractivity contribution in [2.75, 3.05) is 6.61 Å². The van der Waals surface area contributed by atoms with Gasteiger partial charge in [-0.1, -0.05) is 60.7 Å². The Morgan fingerprint density at radius 3 is 1.26 bits per heavy atom. The van der Waals surface area contributed by atoms with Gasteiger partial charge in [0.1, 0.15) is 22.1 Å². The van der Waals surface area contributed by atoms with Gasteiger partial charge in [0.25, 0.3) is 5.95 Å². The van der Waals surface area contributed by atoms with Crippen molar-refractivity contribution in [1.82, 2.24) is 30.0 Å². The van der Waals surface area contributed by atoms with Crippen LogP contribution < -0.4 is 0 Å². The number of fused-ring (bicyclic) bond motifs is 4. The van der Waals surface area contributed by atoms with E-state index in [9.17, 15) is 26.3 Å². The quantitative estimate of drug-likeness (QED) is 0.100. The summed E-state index contributed by atoms with van der Waals surface area (Å²) in [4.78, 5) is 3.32. The van der Waals surface area contributed by atoms with Crippen LogP contribution in [-0.2, 0) is 24.8 Å². The molecule has 0 amide bonds. The molecule has 1 atom stereocenters. The predicted octanol–water partition coefficient (Wildman–Crippen LogP) is 10.7. The summed E-state index contributed by atoms with van der Waals surface area (Å²) < 4.78 is 66.7. The Morgan fingerprint density at radius 1 is 0.638 bits per heavy atom. The molecule has 9 nitrogen and oxygen atoms in total. The number of aliphatic hydroxyl groups is 2. The monoisotopic (exact) mass is 981 g/mol. The van der Waals surface area contributed by atoms with Gasteiger partial charge in [-0.2, -0.15) is 92.7 Å². The fraction of sp³-hybridized carbons (Fsp3) is 0.190. The minimum atomic E-state index is -4.00. The number of hydrogen-bond acceptors (Lipinski definition) is 7. The first-order chi connectivity index (χ1) is 27.0. The van der Waals surface area contributed by atoms with E-state index in [1.165, 1.54) is 13.0 Å². The molecule has 2 N–H and O–H groups in total. The van der Waals surface area contributed by atoms with E-state index in [1.54, 1.807) is 16.5 Å². The molecule has 2 heterocycles. The first kappa shape index (κ1) is 46.6. The number of hydrogen-bond donors (Lipinski definition) is 2. The Balaban J connectivity index is 0.000000216. The molecule has 0 saturated carbocycles. The molecule has 8 aromatic rings. The Morgan fingerprint density at radius 2 is 0.948 bits per heavy atom. The van der Waals surface area contributed by atoms with Gasteiger partial charge in [-0.05, 0) is 49.5 Å². The second-order valence-electron chi connectivity index (χ2n) is 12.0. The number of aliphatic hydroxyl groups excluding tert-OH is 2. The van der Waals surface area contributed by atoms with Crippen LogP contribution in [0.4, 0.5) is 26.3 Å². The van der Waals surface area contributed by atoms with E-state index < -0.39 is 18.5 Å². The number of aromatic nitrogens is 6. The van der Waals surface area contributed by atoms with Crippen LogP contribution >= 0.6 is 0 Å². The Hall–Kier alpha value is -5.83. The average Bonchev–Trinajstić information content (AvgIpc) is 3.78. The molecule has 0 aliphatic rings. The fourth-order valence-electron chi connectivity index (χ4n) is 4.95. The first-order valence-electron chi connectivity index (χ1n) is 17.3. The molecule has 307 valence electrons. The number of halogens is 6. The van der Waals surface area contributed by atoms with Crippen LogP contribution in [0.2, 0.25) is 0 Å². The van der Waals surface area contributed by atoms with Gasteiger partial charge < -0.3 is 14.9 Å². The standard InChI is InChI=1S/2C16H10N3.C6H12O3.2C2H3F3.Ir/c2*1-2-8-13-12(6-1)7-5-11-16(13)19-17-14-9-3-4-10-15(14)18-19;1-3-9-6(8)4-5(2)7;2*1-2(3,4)5;/h2*1-10H;4-5,7-8H,3H2,1-2H3;2*1H3;/q2*-1;;;;. The summed E-state index contributed by atoms with van der Waals surface area (Å²) in [6.45, 7) is 4.08. The minimum Gasteiger partial charge on any atom is -0.481 e. The van der Waals surface area contributed by atoms with Crippen LogP contribution in [-0.4, -0.2) is 65.3 Å². The van der Waals surface area contributed by atoms with Crippen LogP contribution in [0, 0.1) is 12.1 Å². The molecule has 0 spiro atoms. The molecule has 0 aliphatic carbocycles. The Labute approximate surface area is 343 Å². The minimum absolute atomic E-state index is 0. The first-order valence-corrected chi connectivity index (χ1v) is 17.3. The van der Waals surface area contributed by atoms with Gasteiger partial charge in [0, 0.05) is 40.0 Å². The van der Waals surface area contributed by atoms with E-state index >= 15 is 0 Å². The molecule has 2 aromatic heterocycles. The molecule has 0 fully saturated rings. The molecule has 1 unspecified atom stereocenters. The van der Waals surface area contributed by atoms with E-state index in [1.807, 2.05) is 97.1 Å². The van der Waals surface area contributed by atoms with Gasteiger partial charge in [0.15, 0.2) is 0 Å². The molecular weight excluding hydrogens is 943 g/mol. The summed E-state index contributed by atoms with van der Waals surface area (Å²) in [5, 5.41) is 39.9. The van der Waals surface area contributed by atoms with Crippen molar-refractivity contribution >= 4 is 43.6 Å². The molecule has 16 heteroatoms. The molecular formula is C42H38F6IrN6O3-2. The molecule has 0 saturated heterocycles. The number of rotatable bonds is 5. The molecule has 8 rings (SSSR count). The van der Waals surface area contributed by atoms with E-state index in [0.717, 1.165) is 55.0 Å². The third-order valence-electron chi connectivity index (χ3n) is 7.05. The predicted molar refractivity (Wildman–Crippen MR) is 208 cm³/mol. The van der Waals surface area contributed by atoms with Crippen molar-refractivity contribution < 1.29 is 61.4 Å². The summed E-state index contributed by atoms with van der Waals surface area (Å²) >= 11 is 0. The second-order valence-corrected chi connectivity index (χ2v) is 12.0. The zero-order chi connectivity index (χ0) is 41.6. The topological polar surface area (TPSA) is 111 Å². The average molecular weight is 981 g/mol. The van der Waals surface area contributed by atoms with E-state index in [2.05, 4.69) is 61.5 Å². The van der Waals surface area contributed by atoms with Crippen LogP contribution in [0.15, 0.2) is 133 Å². The zero-order valence-electron chi connectivity index (χ0n) is 31.5. The van der Waals surface area contributed by atoms with Crippen molar-refractivity contribution in [3.05, 3.63) is 145 Å². The third kappa shape index (κ3) is 15.3. The van der Waals surface area contributed by atoms with Gasteiger partial charge >= 0.3 is 12.4 Å². The van der Waals surface area contributed by atoms with Gasteiger partial charge in [0.05, 0.1) is 12.7 Å². The Bertz CT molecular complexity index is 2270. The van der Waals surface area contributed by atoms with Crippen LogP contribution in [0.5, 0.6) is 0 Å². The van der Waals surface area contributed by atoms with Gasteiger partial charge in [-0.3, -0.25) is 0 Å². The number of benzene rings is 6. The van der Waals surface area contributed by atoms with Crippen molar-refractivity contribution in [1.29, 1.82) is 0 Å². The third-order valence-corrected chi connectivity index (χ3v) is 7.05. The van der Waals surface area contributed by atoms with E-state index in [0.29, 0.717) is 6.61 Å². The fourth-order valence-corrected chi connectivity index (χ4v) is 4.95. The van der Waals surface area contributed by atoms with Crippen molar-refractivity contribution in [2.24, 2.45) is 0 Å². The largest absolute Gasteiger partial charge is 0.481 e. The SMILES string of the molecule is CC(F)(F)F.CC(F)(F)F.CCOC(O)=CC(C)O.[Ir].[c-]1ccc2ccccc2c1-n1nc2ccccc2n1.[c-]1ccc2ccccc2c1-n1nc2ccccc2n1. The second kappa shape index (κ2) is 21.6. The summed E-state index contributed by atoms with van der Waals surface area (Å²) in [5.74, 6) is -0.215. The van der Waals surface area contributed by atoms with Gasteiger partial charge in [0.2, 0.25) is 0 Å². The van der Waals surface area contributed by atoms with Crippen LogP contribution in [0.1, 0.15) is 27.7 Å². The summed E-state index contributed by atoms with van der Waals surface area (Å²) in [6.07, 6.45) is -7.43. The maximum Gasteiger partial charge on any atom is 0.386 e. The summed E-state index contributed by atoms with van der Waals surface area (Å²) in [5.41, 5.74) is 5.34. The van der Waals surface area contributed by atoms with Crippen molar-refractivity contribution in [3.8, 4) is 11.4 Å². The molecule has 0 bridgehead atoms. The van der Waals surface area contributed by atoms with Crippen LogP contribution in [0.3, 0.4) is 0 Å². The van der Waals surface area contributed by atoms with E-state index in [4.69, 9.17) is 10.2 Å². The number of alkyl halides is 6. The van der Waals surface area contributed by atoms with Crippen molar-refractivity contribution in [3.63, 3.8) is 0 Å². The molecule has 0 aliphatic heterocycles. The van der Waals surface area contributed by atoms with E-state index in [-0.39, 0.29) is 39.9 Å². The normalized spacial score (nSPS) is 11.7. The number of nitrogens with zero attached hydrogens (tertiary/aromatic N) is 6. The van der Waals surface area contributed by atoms with Gasteiger partial charge in [-0.15, -0.1) is 33.7 Å². The smallest absolute Gasteiger partial charge is 0.386 e. The molecule has 58 heavy (non-hydrogen) atoms. The molecule has 1 radical (unpaired) electrons. The summed E-state index contributed by atoms with van der Waals surface area (Å²) in [6, 6.07) is 46.4. The number of ether oxygens (including phenoxy) is 1.